The number of ether oxygens (including phenoxy) is 1. The fourth-order valence-corrected chi connectivity index (χ4v) is 5.73. The summed E-state index contributed by atoms with van der Waals surface area (Å²) in [4.78, 5) is 4.14. The zero-order valence-corrected chi connectivity index (χ0v) is 24.2. The van der Waals surface area contributed by atoms with Gasteiger partial charge in [0.1, 0.15) is 11.9 Å². The minimum atomic E-state index is -0.483. The molecule has 1 fully saturated rings. The minimum Gasteiger partial charge on any atom is -0.482 e. The Morgan fingerprint density at radius 2 is 1.92 bits per heavy atom. The molecule has 0 saturated heterocycles. The summed E-state index contributed by atoms with van der Waals surface area (Å²) in [5.41, 5.74) is 11.9. The highest BCUT2D eigenvalue weighted by atomic mass is 79.9. The first-order valence-corrected chi connectivity index (χ1v) is 13.9. The van der Waals surface area contributed by atoms with E-state index in [0.717, 1.165) is 56.6 Å². The molecular weight excluding hydrogens is 603 g/mol. The van der Waals surface area contributed by atoms with Gasteiger partial charge in [0.25, 0.3) is 0 Å². The highest BCUT2D eigenvalue weighted by molar-refractivity contribution is 9.10. The normalized spacial score (nSPS) is 14.2. The summed E-state index contributed by atoms with van der Waals surface area (Å²) in [6.45, 7) is 1.88. The van der Waals surface area contributed by atoms with E-state index in [1.807, 2.05) is 36.6 Å². The second kappa shape index (κ2) is 10.6. The first kappa shape index (κ1) is 25.9. The van der Waals surface area contributed by atoms with Crippen molar-refractivity contribution in [1.29, 1.82) is 0 Å². The Labute approximate surface area is 232 Å². The van der Waals surface area contributed by atoms with Crippen LogP contribution in [-0.4, -0.2) is 24.5 Å². The standard InChI is InChI=1S/C27H29Br2FN6O/c1-15(37-24-11-18(28)14-32-27(24)31)21-12-19(30)7-8-20(21)26-17(13-33-36(26)3)6-9-23-25(29)22(34-35(23)2)10-16-4-5-16/h7-8,11-16H,4-6,9-10H2,1-3H3,(H2,31,32). The fraction of sp³-hybridized carbons (Fsp3) is 0.370. The molecule has 10 heteroatoms. The summed E-state index contributed by atoms with van der Waals surface area (Å²) in [5, 5.41) is 9.31. The van der Waals surface area contributed by atoms with Gasteiger partial charge in [0.05, 0.1) is 27.8 Å². The maximum absolute atomic E-state index is 14.5. The molecule has 1 unspecified atom stereocenters. The first-order chi connectivity index (χ1) is 17.7. The zero-order chi connectivity index (χ0) is 26.3. The SMILES string of the molecule is CC(Oc1cc(Br)cnc1N)c1cc(F)ccc1-c1c(CCc2c(Br)c(CC3CC3)nn2C)cnn1C. The number of pyridine rings is 1. The van der Waals surface area contributed by atoms with E-state index in [0.29, 0.717) is 11.3 Å². The van der Waals surface area contributed by atoms with Gasteiger partial charge in [-0.05, 0) is 107 Å². The van der Waals surface area contributed by atoms with Crippen LogP contribution in [0.15, 0.2) is 45.6 Å². The van der Waals surface area contributed by atoms with Crippen LogP contribution in [0.2, 0.25) is 0 Å². The van der Waals surface area contributed by atoms with E-state index in [1.165, 1.54) is 30.7 Å². The number of aromatic nitrogens is 5. The van der Waals surface area contributed by atoms with Gasteiger partial charge in [0.2, 0.25) is 0 Å². The van der Waals surface area contributed by atoms with Crippen LogP contribution < -0.4 is 10.5 Å². The third kappa shape index (κ3) is 5.60. The highest BCUT2D eigenvalue weighted by Crippen LogP contribution is 2.37. The van der Waals surface area contributed by atoms with Crippen molar-refractivity contribution in [2.45, 2.75) is 45.1 Å². The molecule has 2 N–H and O–H groups in total. The molecule has 37 heavy (non-hydrogen) atoms. The number of rotatable bonds is 9. The third-order valence-electron chi connectivity index (χ3n) is 6.85. The third-order valence-corrected chi connectivity index (χ3v) is 8.20. The Kier molecular flexibility index (Phi) is 7.40. The summed E-state index contributed by atoms with van der Waals surface area (Å²) in [7, 11) is 3.90. The molecule has 3 heterocycles. The van der Waals surface area contributed by atoms with Crippen LogP contribution >= 0.6 is 31.9 Å². The lowest BCUT2D eigenvalue weighted by Crippen LogP contribution is -2.09. The lowest BCUT2D eigenvalue weighted by Gasteiger charge is -2.20. The van der Waals surface area contributed by atoms with Gasteiger partial charge in [-0.25, -0.2) is 9.37 Å². The van der Waals surface area contributed by atoms with E-state index in [1.54, 1.807) is 18.3 Å². The van der Waals surface area contributed by atoms with Crippen LogP contribution in [0.1, 0.15) is 48.4 Å². The Balaban J connectivity index is 1.43. The van der Waals surface area contributed by atoms with Crippen molar-refractivity contribution in [2.24, 2.45) is 20.0 Å². The number of anilines is 1. The highest BCUT2D eigenvalue weighted by Gasteiger charge is 2.26. The molecule has 0 bridgehead atoms. The largest absolute Gasteiger partial charge is 0.482 e. The maximum atomic E-state index is 14.5. The monoisotopic (exact) mass is 630 g/mol. The van der Waals surface area contributed by atoms with Crippen LogP contribution in [0.25, 0.3) is 11.3 Å². The Bertz CT molecular complexity index is 1450. The lowest BCUT2D eigenvalue weighted by atomic mass is 9.96. The quantitative estimate of drug-likeness (QED) is 0.233. The van der Waals surface area contributed by atoms with Crippen molar-refractivity contribution in [1.82, 2.24) is 24.5 Å². The van der Waals surface area contributed by atoms with Gasteiger partial charge in [-0.3, -0.25) is 9.36 Å². The van der Waals surface area contributed by atoms with Gasteiger partial charge in [-0.2, -0.15) is 10.2 Å². The van der Waals surface area contributed by atoms with E-state index in [2.05, 4.69) is 41.9 Å². The molecule has 1 aromatic carbocycles. The molecule has 0 aliphatic heterocycles. The molecule has 4 aromatic rings. The molecule has 0 spiro atoms. The second-order valence-electron chi connectivity index (χ2n) is 9.65. The number of aryl methyl sites for hydroxylation is 3. The molecule has 1 atom stereocenters. The molecule has 1 saturated carbocycles. The Hall–Kier alpha value is -2.72. The van der Waals surface area contributed by atoms with Crippen molar-refractivity contribution < 1.29 is 9.13 Å². The van der Waals surface area contributed by atoms with Crippen molar-refractivity contribution >= 4 is 37.7 Å². The number of benzene rings is 1. The van der Waals surface area contributed by atoms with Gasteiger partial charge in [0, 0.05) is 35.9 Å². The van der Waals surface area contributed by atoms with Crippen LogP contribution in [0.3, 0.4) is 0 Å². The molecule has 5 rings (SSSR count). The van der Waals surface area contributed by atoms with Crippen molar-refractivity contribution in [3.8, 4) is 17.0 Å². The predicted molar refractivity (Wildman–Crippen MR) is 149 cm³/mol. The van der Waals surface area contributed by atoms with Gasteiger partial charge in [0.15, 0.2) is 11.6 Å². The summed E-state index contributed by atoms with van der Waals surface area (Å²) in [5.74, 6) is 1.15. The van der Waals surface area contributed by atoms with Crippen LogP contribution in [-0.2, 0) is 33.4 Å². The minimum absolute atomic E-state index is 0.275. The second-order valence-corrected chi connectivity index (χ2v) is 11.4. The lowest BCUT2D eigenvalue weighted by molar-refractivity contribution is 0.227. The molecule has 7 nitrogen and oxygen atoms in total. The molecule has 194 valence electrons. The van der Waals surface area contributed by atoms with Gasteiger partial charge >= 0.3 is 0 Å². The van der Waals surface area contributed by atoms with Gasteiger partial charge in [-0.1, -0.05) is 0 Å². The van der Waals surface area contributed by atoms with Crippen molar-refractivity contribution in [2.75, 3.05) is 5.73 Å². The maximum Gasteiger partial charge on any atom is 0.166 e. The van der Waals surface area contributed by atoms with Gasteiger partial charge in [-0.15, -0.1) is 0 Å². The Morgan fingerprint density at radius 1 is 1.14 bits per heavy atom. The van der Waals surface area contributed by atoms with Crippen molar-refractivity contribution in [3.63, 3.8) is 0 Å². The molecule has 0 radical (unpaired) electrons. The van der Waals surface area contributed by atoms with E-state index < -0.39 is 6.10 Å². The number of halogens is 3. The van der Waals surface area contributed by atoms with Crippen LogP contribution in [0, 0.1) is 11.7 Å². The molecule has 1 aliphatic carbocycles. The zero-order valence-electron chi connectivity index (χ0n) is 21.0. The van der Waals surface area contributed by atoms with Crippen molar-refractivity contribution in [3.05, 3.63) is 73.9 Å². The molecule has 1 aliphatic rings. The molecule has 0 amide bonds. The van der Waals surface area contributed by atoms with E-state index in [-0.39, 0.29) is 11.6 Å². The van der Waals surface area contributed by atoms with Crippen LogP contribution in [0.4, 0.5) is 10.2 Å². The smallest absolute Gasteiger partial charge is 0.166 e. The molecular formula is C27H29Br2FN6O. The van der Waals surface area contributed by atoms with E-state index in [9.17, 15) is 4.39 Å². The fourth-order valence-electron chi connectivity index (χ4n) is 4.72. The number of hydrogen-bond donors (Lipinski definition) is 1. The average molecular weight is 632 g/mol. The summed E-state index contributed by atoms with van der Waals surface area (Å²) < 4.78 is 26.3. The average Bonchev–Trinajstić information content (AvgIpc) is 3.55. The van der Waals surface area contributed by atoms with Crippen LogP contribution in [0.5, 0.6) is 5.75 Å². The molecule has 3 aromatic heterocycles. The van der Waals surface area contributed by atoms with E-state index >= 15 is 0 Å². The van der Waals surface area contributed by atoms with E-state index in [4.69, 9.17) is 15.6 Å². The summed E-state index contributed by atoms with van der Waals surface area (Å²) >= 11 is 7.20. The number of hydrogen-bond acceptors (Lipinski definition) is 5. The summed E-state index contributed by atoms with van der Waals surface area (Å²) in [6.07, 6.45) is 8.20. The number of nitrogen functional groups attached to an aromatic ring is 1. The predicted octanol–water partition coefficient (Wildman–Crippen LogP) is 6.34. The first-order valence-electron chi connectivity index (χ1n) is 12.3. The summed E-state index contributed by atoms with van der Waals surface area (Å²) in [6, 6.07) is 6.54. The topological polar surface area (TPSA) is 83.8 Å². The number of nitrogens with two attached hydrogens (primary N) is 1. The number of nitrogens with zero attached hydrogens (tertiary/aromatic N) is 5. The van der Waals surface area contributed by atoms with Gasteiger partial charge < -0.3 is 10.5 Å². The Morgan fingerprint density at radius 3 is 2.68 bits per heavy atom.